The van der Waals surface area contributed by atoms with Crippen molar-refractivity contribution in [1.29, 1.82) is 0 Å². The van der Waals surface area contributed by atoms with E-state index in [4.69, 9.17) is 9.47 Å². The standard InChI is InChI=1S/C17H34N4O3/c1-5-18-16(20-11-15(22)21-17(2,3)4)19-8-6-9-23-12-14-7-10-24-13-14/h14H,5-13H2,1-4H3,(H,21,22)(H2,18,19,20). The fraction of sp³-hybridized carbons (Fsp3) is 0.882. The molecule has 24 heavy (non-hydrogen) atoms. The molecule has 1 rings (SSSR count). The van der Waals surface area contributed by atoms with Crippen LogP contribution in [0.15, 0.2) is 4.99 Å². The Morgan fingerprint density at radius 3 is 2.75 bits per heavy atom. The highest BCUT2D eigenvalue weighted by Crippen LogP contribution is 2.12. The lowest BCUT2D eigenvalue weighted by molar-refractivity contribution is -0.121. The van der Waals surface area contributed by atoms with Crippen LogP contribution in [-0.4, -0.2) is 63.5 Å². The van der Waals surface area contributed by atoms with Gasteiger partial charge in [-0.05, 0) is 40.5 Å². The second kappa shape index (κ2) is 11.3. The maximum absolute atomic E-state index is 11.8. The van der Waals surface area contributed by atoms with Crippen molar-refractivity contribution in [3.8, 4) is 0 Å². The average molecular weight is 342 g/mol. The van der Waals surface area contributed by atoms with Crippen LogP contribution in [0.25, 0.3) is 0 Å². The maximum atomic E-state index is 11.8. The van der Waals surface area contributed by atoms with E-state index in [1.54, 1.807) is 0 Å². The van der Waals surface area contributed by atoms with Gasteiger partial charge in [0.25, 0.3) is 0 Å². The van der Waals surface area contributed by atoms with Crippen LogP contribution in [0, 0.1) is 5.92 Å². The van der Waals surface area contributed by atoms with Gasteiger partial charge in [-0.3, -0.25) is 4.79 Å². The van der Waals surface area contributed by atoms with Crippen LogP contribution < -0.4 is 16.0 Å². The van der Waals surface area contributed by atoms with Crippen LogP contribution in [0.1, 0.15) is 40.5 Å². The molecule has 0 spiro atoms. The number of carbonyl (C=O) groups excluding carboxylic acids is 1. The Morgan fingerprint density at radius 2 is 2.12 bits per heavy atom. The van der Waals surface area contributed by atoms with Crippen molar-refractivity contribution in [1.82, 2.24) is 16.0 Å². The van der Waals surface area contributed by atoms with Crippen molar-refractivity contribution in [2.24, 2.45) is 10.9 Å². The van der Waals surface area contributed by atoms with Gasteiger partial charge in [-0.25, -0.2) is 4.99 Å². The van der Waals surface area contributed by atoms with E-state index in [1.807, 2.05) is 27.7 Å². The summed E-state index contributed by atoms with van der Waals surface area (Å²) >= 11 is 0. The molecule has 0 saturated carbocycles. The van der Waals surface area contributed by atoms with Gasteiger partial charge in [0, 0.05) is 37.8 Å². The van der Waals surface area contributed by atoms with E-state index in [9.17, 15) is 4.79 Å². The van der Waals surface area contributed by atoms with Gasteiger partial charge in [0.2, 0.25) is 5.91 Å². The lowest BCUT2D eigenvalue weighted by Crippen LogP contribution is -2.43. The van der Waals surface area contributed by atoms with E-state index in [0.29, 0.717) is 18.5 Å². The third-order valence-electron chi connectivity index (χ3n) is 3.37. The third-order valence-corrected chi connectivity index (χ3v) is 3.37. The predicted molar refractivity (Wildman–Crippen MR) is 96.2 cm³/mol. The van der Waals surface area contributed by atoms with Crippen LogP contribution >= 0.6 is 0 Å². The summed E-state index contributed by atoms with van der Waals surface area (Å²) in [5.41, 5.74) is -0.236. The smallest absolute Gasteiger partial charge is 0.242 e. The minimum atomic E-state index is -0.236. The van der Waals surface area contributed by atoms with Gasteiger partial charge >= 0.3 is 0 Å². The van der Waals surface area contributed by atoms with Gasteiger partial charge in [0.1, 0.15) is 6.54 Å². The Kier molecular flexibility index (Phi) is 9.71. The van der Waals surface area contributed by atoms with Crippen molar-refractivity contribution in [2.45, 2.75) is 46.1 Å². The molecule has 1 aliphatic heterocycles. The second-order valence-electron chi connectivity index (χ2n) is 7.08. The SMILES string of the molecule is CCNC(=NCC(=O)NC(C)(C)C)NCCCOCC1CCOC1. The number of guanidine groups is 1. The molecule has 1 atom stereocenters. The molecule has 1 saturated heterocycles. The zero-order valence-electron chi connectivity index (χ0n) is 15.6. The molecule has 7 heteroatoms. The van der Waals surface area contributed by atoms with Crippen molar-refractivity contribution < 1.29 is 14.3 Å². The van der Waals surface area contributed by atoms with E-state index >= 15 is 0 Å². The number of aliphatic imine (C=N–C) groups is 1. The lowest BCUT2D eigenvalue weighted by atomic mass is 10.1. The minimum absolute atomic E-state index is 0.0816. The number of nitrogens with zero attached hydrogens (tertiary/aromatic N) is 1. The van der Waals surface area contributed by atoms with Crippen LogP contribution in [0.2, 0.25) is 0 Å². The zero-order chi connectivity index (χ0) is 17.8. The number of rotatable bonds is 9. The molecule has 1 heterocycles. The quantitative estimate of drug-likeness (QED) is 0.329. The highest BCUT2D eigenvalue weighted by Gasteiger charge is 2.15. The van der Waals surface area contributed by atoms with Gasteiger partial charge in [0.15, 0.2) is 5.96 Å². The highest BCUT2D eigenvalue weighted by atomic mass is 16.5. The highest BCUT2D eigenvalue weighted by molar-refractivity contribution is 5.85. The monoisotopic (exact) mass is 342 g/mol. The van der Waals surface area contributed by atoms with Crippen LogP contribution in [0.3, 0.4) is 0 Å². The van der Waals surface area contributed by atoms with Gasteiger partial charge in [0.05, 0.1) is 13.2 Å². The summed E-state index contributed by atoms with van der Waals surface area (Å²) in [5.74, 6) is 1.13. The van der Waals surface area contributed by atoms with Gasteiger partial charge in [-0.2, -0.15) is 0 Å². The summed E-state index contributed by atoms with van der Waals surface area (Å²) in [4.78, 5) is 16.1. The van der Waals surface area contributed by atoms with E-state index in [-0.39, 0.29) is 18.0 Å². The summed E-state index contributed by atoms with van der Waals surface area (Å²) in [6, 6.07) is 0. The molecule has 0 aromatic rings. The van der Waals surface area contributed by atoms with Crippen LogP contribution in [-0.2, 0) is 14.3 Å². The van der Waals surface area contributed by atoms with Crippen LogP contribution in [0.5, 0.6) is 0 Å². The van der Waals surface area contributed by atoms with Gasteiger partial charge in [-0.1, -0.05) is 0 Å². The average Bonchev–Trinajstić information content (AvgIpc) is 2.99. The summed E-state index contributed by atoms with van der Waals surface area (Å²) in [7, 11) is 0. The Hall–Kier alpha value is -1.34. The van der Waals surface area contributed by atoms with Gasteiger partial charge in [-0.15, -0.1) is 0 Å². The predicted octanol–water partition coefficient (Wildman–Crippen LogP) is 0.899. The molecule has 0 aliphatic carbocycles. The Bertz CT molecular complexity index is 388. The van der Waals surface area contributed by atoms with Crippen molar-refractivity contribution >= 4 is 11.9 Å². The summed E-state index contributed by atoms with van der Waals surface area (Å²) in [6.07, 6.45) is 2.00. The minimum Gasteiger partial charge on any atom is -0.381 e. The number of hydrogen-bond acceptors (Lipinski definition) is 4. The summed E-state index contributed by atoms with van der Waals surface area (Å²) < 4.78 is 11.0. The number of amides is 1. The van der Waals surface area contributed by atoms with Crippen molar-refractivity contribution in [2.75, 3.05) is 46.1 Å². The third kappa shape index (κ3) is 10.4. The Labute approximate surface area is 146 Å². The molecule has 7 nitrogen and oxygen atoms in total. The molecular weight excluding hydrogens is 308 g/mol. The number of nitrogens with one attached hydrogen (secondary N) is 3. The molecule has 0 aromatic carbocycles. The molecule has 3 N–H and O–H groups in total. The largest absolute Gasteiger partial charge is 0.381 e. The molecule has 1 aliphatic rings. The molecule has 0 aromatic heterocycles. The summed E-state index contributed by atoms with van der Waals surface area (Å²) in [6.45, 7) is 12.7. The molecule has 0 bridgehead atoms. The van der Waals surface area contributed by atoms with E-state index in [1.165, 1.54) is 0 Å². The van der Waals surface area contributed by atoms with Crippen molar-refractivity contribution in [3.05, 3.63) is 0 Å². The maximum Gasteiger partial charge on any atom is 0.242 e. The molecule has 140 valence electrons. The molecular formula is C17H34N4O3. The first-order chi connectivity index (χ1) is 11.4. The molecule has 1 amide bonds. The molecule has 0 radical (unpaired) electrons. The van der Waals surface area contributed by atoms with Crippen LogP contribution in [0.4, 0.5) is 0 Å². The topological polar surface area (TPSA) is 84.0 Å². The summed E-state index contributed by atoms with van der Waals surface area (Å²) in [5, 5.41) is 9.26. The first-order valence-electron chi connectivity index (χ1n) is 8.89. The van der Waals surface area contributed by atoms with E-state index in [2.05, 4.69) is 20.9 Å². The number of carbonyl (C=O) groups is 1. The molecule has 1 unspecified atom stereocenters. The normalized spacial score (nSPS) is 18.5. The fourth-order valence-corrected chi connectivity index (χ4v) is 2.30. The Balaban J connectivity index is 2.17. The Morgan fingerprint density at radius 1 is 1.33 bits per heavy atom. The number of hydrogen-bond donors (Lipinski definition) is 3. The first kappa shape index (κ1) is 20.7. The van der Waals surface area contributed by atoms with E-state index < -0.39 is 0 Å². The molecule has 1 fully saturated rings. The first-order valence-corrected chi connectivity index (χ1v) is 8.89. The fourth-order valence-electron chi connectivity index (χ4n) is 2.30. The second-order valence-corrected chi connectivity index (χ2v) is 7.08. The van der Waals surface area contributed by atoms with Gasteiger partial charge < -0.3 is 25.4 Å². The van der Waals surface area contributed by atoms with E-state index in [0.717, 1.165) is 45.8 Å². The lowest BCUT2D eigenvalue weighted by Gasteiger charge is -2.20. The van der Waals surface area contributed by atoms with Crippen molar-refractivity contribution in [3.63, 3.8) is 0 Å². The zero-order valence-corrected chi connectivity index (χ0v) is 15.6. The number of ether oxygens (including phenoxy) is 2.